The molecule has 1 aromatic heterocycles. The van der Waals surface area contributed by atoms with Gasteiger partial charge in [0, 0.05) is 19.6 Å². The number of para-hydroxylation sites is 1. The maximum atomic E-state index is 14.1. The Bertz CT molecular complexity index is 1320. The van der Waals surface area contributed by atoms with Crippen LogP contribution in [0.4, 0.5) is 5.13 Å². The summed E-state index contributed by atoms with van der Waals surface area (Å²) in [6.45, 7) is 9.50. The second kappa shape index (κ2) is 11.9. The SMILES string of the molecule is CCc1cccc2sc(N(CCN(CC)CC)C(=O)C3CCCN3S(=O)(=O)c3ccc(OC)cc3)nc12. The minimum atomic E-state index is -3.85. The Morgan fingerprint density at radius 3 is 2.49 bits per heavy atom. The summed E-state index contributed by atoms with van der Waals surface area (Å²) in [6, 6.07) is 11.7. The molecule has 2 aromatic carbocycles. The van der Waals surface area contributed by atoms with Crippen LogP contribution in [0.1, 0.15) is 39.2 Å². The van der Waals surface area contributed by atoms with Crippen LogP contribution in [0, 0.1) is 0 Å². The van der Waals surface area contributed by atoms with E-state index in [0.717, 1.165) is 35.3 Å². The smallest absolute Gasteiger partial charge is 0.247 e. The number of aromatic nitrogens is 1. The Morgan fingerprint density at radius 1 is 1.11 bits per heavy atom. The van der Waals surface area contributed by atoms with Gasteiger partial charge in [-0.15, -0.1) is 0 Å². The summed E-state index contributed by atoms with van der Waals surface area (Å²) >= 11 is 1.49. The quantitative estimate of drug-likeness (QED) is 0.356. The molecule has 1 aliphatic heterocycles. The standard InChI is InChI=1S/C27H36N4O4S2/c1-5-20-10-8-12-24-25(20)28-27(36-24)30(19-18-29(6-2)7-3)26(32)23-11-9-17-31(23)37(33,34)22-15-13-21(35-4)14-16-22/h8,10,12-16,23H,5-7,9,11,17-19H2,1-4H3. The van der Waals surface area contributed by atoms with Crippen LogP contribution in [0.5, 0.6) is 5.75 Å². The molecule has 0 spiro atoms. The molecule has 0 radical (unpaired) electrons. The van der Waals surface area contributed by atoms with Gasteiger partial charge in [0.05, 0.1) is 22.2 Å². The molecular formula is C27H36N4O4S2. The summed E-state index contributed by atoms with van der Waals surface area (Å²) in [5, 5.41) is 0.627. The van der Waals surface area contributed by atoms with Crippen LogP contribution in [0.25, 0.3) is 10.2 Å². The third-order valence-electron chi connectivity index (χ3n) is 7.06. The fraction of sp³-hybridized carbons (Fsp3) is 0.481. The van der Waals surface area contributed by atoms with E-state index in [1.165, 1.54) is 34.9 Å². The molecule has 0 saturated carbocycles. The van der Waals surface area contributed by atoms with Crippen LogP contribution < -0.4 is 9.64 Å². The molecule has 1 atom stereocenters. The molecule has 10 heteroatoms. The number of amides is 1. The monoisotopic (exact) mass is 544 g/mol. The van der Waals surface area contributed by atoms with Gasteiger partial charge in [-0.3, -0.25) is 9.69 Å². The van der Waals surface area contributed by atoms with E-state index < -0.39 is 16.1 Å². The summed E-state index contributed by atoms with van der Waals surface area (Å²) in [5.74, 6) is 0.372. The topological polar surface area (TPSA) is 83.0 Å². The highest BCUT2D eigenvalue weighted by atomic mass is 32.2. The van der Waals surface area contributed by atoms with Gasteiger partial charge >= 0.3 is 0 Å². The average molecular weight is 545 g/mol. The number of likely N-dealkylation sites (N-methyl/N-ethyl adjacent to an activating group) is 1. The maximum Gasteiger partial charge on any atom is 0.247 e. The number of rotatable bonds is 11. The minimum Gasteiger partial charge on any atom is -0.497 e. The fourth-order valence-electron chi connectivity index (χ4n) is 4.81. The van der Waals surface area contributed by atoms with Crippen molar-refractivity contribution in [2.75, 3.05) is 44.7 Å². The van der Waals surface area contributed by atoms with E-state index in [1.807, 2.05) is 12.1 Å². The lowest BCUT2D eigenvalue weighted by atomic mass is 10.1. The Balaban J connectivity index is 1.68. The molecule has 3 aromatic rings. The number of carbonyl (C=O) groups excluding carboxylic acids is 1. The fourth-order valence-corrected chi connectivity index (χ4v) is 7.51. The highest BCUT2D eigenvalue weighted by Gasteiger charge is 2.42. The number of anilines is 1. The van der Waals surface area contributed by atoms with E-state index in [1.54, 1.807) is 17.0 Å². The third kappa shape index (κ3) is 5.67. The van der Waals surface area contributed by atoms with Crippen molar-refractivity contribution in [3.8, 4) is 5.75 Å². The number of ether oxygens (including phenoxy) is 1. The van der Waals surface area contributed by atoms with Crippen LogP contribution in [0.15, 0.2) is 47.4 Å². The van der Waals surface area contributed by atoms with Gasteiger partial charge in [0.1, 0.15) is 11.8 Å². The highest BCUT2D eigenvalue weighted by Crippen LogP contribution is 2.34. The van der Waals surface area contributed by atoms with E-state index in [4.69, 9.17) is 9.72 Å². The van der Waals surface area contributed by atoms with E-state index >= 15 is 0 Å². The first-order valence-electron chi connectivity index (χ1n) is 12.9. The van der Waals surface area contributed by atoms with E-state index in [2.05, 4.69) is 31.7 Å². The second-order valence-corrected chi connectivity index (χ2v) is 12.0. The molecule has 1 unspecified atom stereocenters. The Kier molecular flexibility index (Phi) is 8.84. The predicted octanol–water partition coefficient (Wildman–Crippen LogP) is 4.40. The number of hydrogen-bond donors (Lipinski definition) is 0. The van der Waals surface area contributed by atoms with Gasteiger partial charge in [0.15, 0.2) is 5.13 Å². The summed E-state index contributed by atoms with van der Waals surface area (Å²) in [7, 11) is -2.31. The first-order valence-corrected chi connectivity index (χ1v) is 15.2. The molecule has 1 saturated heterocycles. The van der Waals surface area contributed by atoms with Gasteiger partial charge in [-0.25, -0.2) is 13.4 Å². The first kappa shape index (κ1) is 27.5. The molecule has 0 bridgehead atoms. The van der Waals surface area contributed by atoms with Crippen molar-refractivity contribution in [3.05, 3.63) is 48.0 Å². The number of carbonyl (C=O) groups is 1. The van der Waals surface area contributed by atoms with Gasteiger partial charge in [0.25, 0.3) is 0 Å². The lowest BCUT2D eigenvalue weighted by Crippen LogP contribution is -2.49. The molecule has 1 amide bonds. The van der Waals surface area contributed by atoms with Gasteiger partial charge in [-0.2, -0.15) is 4.31 Å². The molecule has 4 rings (SSSR count). The first-order chi connectivity index (χ1) is 17.8. The summed E-state index contributed by atoms with van der Waals surface area (Å²) < 4.78 is 34.7. The van der Waals surface area contributed by atoms with Crippen molar-refractivity contribution < 1.29 is 17.9 Å². The van der Waals surface area contributed by atoms with Crippen LogP contribution in [0.2, 0.25) is 0 Å². The average Bonchev–Trinajstić information content (AvgIpc) is 3.59. The number of aryl methyl sites for hydroxylation is 1. The minimum absolute atomic E-state index is 0.162. The number of thiazole rings is 1. The van der Waals surface area contributed by atoms with Crippen molar-refractivity contribution in [1.82, 2.24) is 14.2 Å². The molecular weight excluding hydrogens is 508 g/mol. The summed E-state index contributed by atoms with van der Waals surface area (Å²) in [4.78, 5) is 23.1. The highest BCUT2D eigenvalue weighted by molar-refractivity contribution is 7.89. The maximum absolute atomic E-state index is 14.1. The Morgan fingerprint density at radius 2 is 1.84 bits per heavy atom. The second-order valence-electron chi connectivity index (χ2n) is 9.08. The van der Waals surface area contributed by atoms with Gasteiger partial charge in [-0.05, 0) is 68.2 Å². The molecule has 0 N–H and O–H groups in total. The lowest BCUT2D eigenvalue weighted by Gasteiger charge is -2.30. The van der Waals surface area contributed by atoms with Crippen LogP contribution >= 0.6 is 11.3 Å². The van der Waals surface area contributed by atoms with Crippen molar-refractivity contribution in [3.63, 3.8) is 0 Å². The number of fused-ring (bicyclic) bond motifs is 1. The number of nitrogens with zero attached hydrogens (tertiary/aromatic N) is 4. The van der Waals surface area contributed by atoms with Crippen LogP contribution in [-0.2, 0) is 21.2 Å². The van der Waals surface area contributed by atoms with Crippen molar-refractivity contribution in [1.29, 1.82) is 0 Å². The van der Waals surface area contributed by atoms with E-state index in [9.17, 15) is 13.2 Å². The zero-order valence-electron chi connectivity index (χ0n) is 22.0. The zero-order chi connectivity index (χ0) is 26.6. The molecule has 1 fully saturated rings. The van der Waals surface area contributed by atoms with Gasteiger partial charge < -0.3 is 9.64 Å². The van der Waals surface area contributed by atoms with Crippen molar-refractivity contribution in [2.45, 2.75) is 51.0 Å². The molecule has 8 nitrogen and oxygen atoms in total. The molecule has 1 aliphatic rings. The van der Waals surface area contributed by atoms with Crippen molar-refractivity contribution in [2.24, 2.45) is 0 Å². The predicted molar refractivity (Wildman–Crippen MR) is 149 cm³/mol. The van der Waals surface area contributed by atoms with E-state index in [-0.39, 0.29) is 10.8 Å². The number of benzene rings is 2. The normalized spacial score (nSPS) is 16.5. The lowest BCUT2D eigenvalue weighted by molar-refractivity contribution is -0.121. The number of hydrogen-bond acceptors (Lipinski definition) is 7. The van der Waals surface area contributed by atoms with Gasteiger partial charge in [0.2, 0.25) is 15.9 Å². The van der Waals surface area contributed by atoms with Crippen LogP contribution in [0.3, 0.4) is 0 Å². The van der Waals surface area contributed by atoms with E-state index in [0.29, 0.717) is 43.4 Å². The molecule has 2 heterocycles. The number of methoxy groups -OCH3 is 1. The number of sulfonamides is 1. The van der Waals surface area contributed by atoms with Crippen LogP contribution in [-0.4, -0.2) is 74.4 Å². The van der Waals surface area contributed by atoms with Gasteiger partial charge in [-0.1, -0.05) is 44.2 Å². The zero-order valence-corrected chi connectivity index (χ0v) is 23.6. The summed E-state index contributed by atoms with van der Waals surface area (Å²) in [5.41, 5.74) is 2.06. The van der Waals surface area contributed by atoms with Crippen molar-refractivity contribution >= 4 is 42.6 Å². The Labute approximate surface area is 223 Å². The molecule has 37 heavy (non-hydrogen) atoms. The largest absolute Gasteiger partial charge is 0.497 e. The third-order valence-corrected chi connectivity index (χ3v) is 10.0. The Hall–Kier alpha value is -2.53. The summed E-state index contributed by atoms with van der Waals surface area (Å²) in [6.07, 6.45) is 1.97. The molecule has 200 valence electrons. The molecule has 0 aliphatic carbocycles.